The first-order valence-electron chi connectivity index (χ1n) is 10.1. The van der Waals surface area contributed by atoms with Crippen molar-refractivity contribution >= 4 is 35.1 Å². The molecular weight excluding hydrogens is 446 g/mol. The summed E-state index contributed by atoms with van der Waals surface area (Å²) in [5.74, 6) is 0.638. The first kappa shape index (κ1) is 22.3. The Morgan fingerprint density at radius 1 is 1.12 bits per heavy atom. The van der Waals surface area contributed by atoms with E-state index in [0.717, 1.165) is 11.1 Å². The second-order valence-electron chi connectivity index (χ2n) is 8.45. The van der Waals surface area contributed by atoms with E-state index in [0.29, 0.717) is 27.4 Å². The minimum absolute atomic E-state index is 0.0134. The van der Waals surface area contributed by atoms with Crippen molar-refractivity contribution < 1.29 is 14.0 Å². The molecular formula is C24H22ClN3O3S. The van der Waals surface area contributed by atoms with Crippen molar-refractivity contribution in [2.75, 3.05) is 5.75 Å². The molecule has 0 spiro atoms. The number of ketones is 1. The molecule has 164 valence electrons. The van der Waals surface area contributed by atoms with Crippen LogP contribution in [-0.2, 0) is 16.8 Å². The number of thioether (sulfide) groups is 1. The van der Waals surface area contributed by atoms with Gasteiger partial charge in [-0.15, -0.1) is 10.2 Å². The monoisotopic (exact) mass is 467 g/mol. The van der Waals surface area contributed by atoms with Crippen LogP contribution in [0.3, 0.4) is 0 Å². The Morgan fingerprint density at radius 3 is 2.47 bits per heavy atom. The van der Waals surface area contributed by atoms with Gasteiger partial charge >= 0.3 is 0 Å². The fourth-order valence-electron chi connectivity index (χ4n) is 3.19. The molecule has 0 bridgehead atoms. The normalized spacial score (nSPS) is 15.6. The number of allylic oxidation sites excluding steroid dienone is 1. The fourth-order valence-corrected chi connectivity index (χ4v) is 4.26. The predicted molar refractivity (Wildman–Crippen MR) is 125 cm³/mol. The largest absolute Gasteiger partial charge is 0.419 e. The molecule has 6 nitrogen and oxygen atoms in total. The second kappa shape index (κ2) is 8.92. The van der Waals surface area contributed by atoms with Crippen molar-refractivity contribution in [1.82, 2.24) is 15.1 Å². The predicted octanol–water partition coefficient (Wildman–Crippen LogP) is 5.49. The van der Waals surface area contributed by atoms with E-state index in [1.807, 2.05) is 24.3 Å². The molecule has 1 fully saturated rings. The molecule has 1 aliphatic heterocycles. The summed E-state index contributed by atoms with van der Waals surface area (Å²) in [6.07, 6.45) is 1.50. The number of nitrogens with zero attached hydrogens (tertiary/aromatic N) is 3. The van der Waals surface area contributed by atoms with Crippen molar-refractivity contribution in [2.24, 2.45) is 0 Å². The second-order valence-corrected chi connectivity index (χ2v) is 9.88. The van der Waals surface area contributed by atoms with Crippen molar-refractivity contribution in [3.8, 4) is 11.5 Å². The van der Waals surface area contributed by atoms with Crippen LogP contribution >= 0.6 is 23.4 Å². The molecule has 0 radical (unpaired) electrons. The lowest BCUT2D eigenvalue weighted by Crippen LogP contribution is -2.24. The third kappa shape index (κ3) is 4.95. The summed E-state index contributed by atoms with van der Waals surface area (Å²) in [7, 11) is 0. The summed E-state index contributed by atoms with van der Waals surface area (Å²) in [6.45, 7) is 6.48. The molecule has 1 aromatic heterocycles. The van der Waals surface area contributed by atoms with Gasteiger partial charge in [-0.2, -0.15) is 0 Å². The van der Waals surface area contributed by atoms with Crippen molar-refractivity contribution in [3.63, 3.8) is 0 Å². The molecule has 0 atom stereocenters. The van der Waals surface area contributed by atoms with Crippen LogP contribution in [0.2, 0.25) is 5.02 Å². The topological polar surface area (TPSA) is 76.3 Å². The van der Waals surface area contributed by atoms with Gasteiger partial charge in [0, 0.05) is 22.2 Å². The average Bonchev–Trinajstić information content (AvgIpc) is 3.36. The van der Waals surface area contributed by atoms with Gasteiger partial charge < -0.3 is 4.42 Å². The number of amides is 1. The highest BCUT2D eigenvalue weighted by Gasteiger charge is 2.29. The summed E-state index contributed by atoms with van der Waals surface area (Å²) in [5, 5.41) is 9.29. The minimum Gasteiger partial charge on any atom is -0.419 e. The first-order valence-corrected chi connectivity index (χ1v) is 11.4. The minimum atomic E-state index is -0.153. The Balaban J connectivity index is 1.50. The molecule has 1 aliphatic rings. The van der Waals surface area contributed by atoms with Gasteiger partial charge in [0.25, 0.3) is 0 Å². The number of aromatic nitrogens is 2. The van der Waals surface area contributed by atoms with E-state index >= 15 is 0 Å². The Hall–Kier alpha value is -2.90. The van der Waals surface area contributed by atoms with Crippen LogP contribution in [-0.4, -0.2) is 32.5 Å². The summed E-state index contributed by atoms with van der Waals surface area (Å²) in [4.78, 5) is 26.7. The van der Waals surface area contributed by atoms with Gasteiger partial charge in [0.15, 0.2) is 5.78 Å². The summed E-state index contributed by atoms with van der Waals surface area (Å²) in [6, 6.07) is 14.6. The van der Waals surface area contributed by atoms with E-state index in [2.05, 4.69) is 31.0 Å². The summed E-state index contributed by atoms with van der Waals surface area (Å²) < 4.78 is 5.72. The molecule has 1 saturated heterocycles. The number of benzene rings is 2. The number of hydrogen-bond donors (Lipinski definition) is 0. The third-order valence-corrected chi connectivity index (χ3v) is 6.33. The van der Waals surface area contributed by atoms with Gasteiger partial charge in [0.1, 0.15) is 6.54 Å². The van der Waals surface area contributed by atoms with E-state index < -0.39 is 0 Å². The lowest BCUT2D eigenvalue weighted by molar-refractivity contribution is -0.126. The van der Waals surface area contributed by atoms with Crippen molar-refractivity contribution in [1.29, 1.82) is 0 Å². The van der Waals surface area contributed by atoms with Gasteiger partial charge in [-0.3, -0.25) is 14.5 Å². The highest BCUT2D eigenvalue weighted by molar-refractivity contribution is 8.04. The van der Waals surface area contributed by atoms with Crippen LogP contribution < -0.4 is 0 Å². The smallest absolute Gasteiger partial charge is 0.247 e. The zero-order chi connectivity index (χ0) is 22.9. The highest BCUT2D eigenvalue weighted by Crippen LogP contribution is 2.31. The molecule has 3 aromatic rings. The van der Waals surface area contributed by atoms with E-state index in [1.54, 1.807) is 24.3 Å². The van der Waals surface area contributed by atoms with Gasteiger partial charge in [-0.05, 0) is 35.2 Å². The van der Waals surface area contributed by atoms with Gasteiger partial charge in [0.2, 0.25) is 17.7 Å². The quantitative estimate of drug-likeness (QED) is 0.365. The lowest BCUT2D eigenvalue weighted by Gasteiger charge is -2.19. The molecule has 0 N–H and O–H groups in total. The van der Waals surface area contributed by atoms with E-state index in [9.17, 15) is 9.59 Å². The lowest BCUT2D eigenvalue weighted by atomic mass is 9.86. The van der Waals surface area contributed by atoms with Crippen molar-refractivity contribution in [2.45, 2.75) is 32.7 Å². The number of halogens is 1. The number of carbonyl (C=O) groups is 2. The molecule has 4 rings (SSSR count). The number of carbonyl (C=O) groups excluding carboxylic acids is 2. The Labute approximate surface area is 195 Å². The summed E-state index contributed by atoms with van der Waals surface area (Å²) in [5.41, 5.74) is 2.48. The fraction of sp³-hybridized carbons (Fsp3) is 0.250. The standard InChI is InChI=1S/C24H22ClN3O3S/c1-24(2,3)17-8-4-15(5-9-17)19(29)12-22-28(21(30)14-32-22)13-20-26-27-23(31-20)16-6-10-18(25)11-7-16/h4-12H,13-14H2,1-3H3/b22-12-. The zero-order valence-corrected chi connectivity index (χ0v) is 19.5. The molecule has 0 saturated carbocycles. The van der Waals surface area contributed by atoms with E-state index in [4.69, 9.17) is 16.0 Å². The van der Waals surface area contributed by atoms with Gasteiger partial charge in [-0.25, -0.2) is 0 Å². The maximum atomic E-state index is 12.8. The first-order chi connectivity index (χ1) is 15.2. The molecule has 1 amide bonds. The van der Waals surface area contributed by atoms with Crippen molar-refractivity contribution in [3.05, 3.63) is 81.7 Å². The molecule has 32 heavy (non-hydrogen) atoms. The Morgan fingerprint density at radius 2 is 1.81 bits per heavy atom. The van der Waals surface area contributed by atoms with E-state index in [-0.39, 0.29) is 29.4 Å². The molecule has 0 aliphatic carbocycles. The number of hydrogen-bond acceptors (Lipinski definition) is 6. The maximum absolute atomic E-state index is 12.8. The van der Waals surface area contributed by atoms with Gasteiger partial charge in [0.05, 0.1) is 10.8 Å². The highest BCUT2D eigenvalue weighted by atomic mass is 35.5. The SMILES string of the molecule is CC(C)(C)c1ccc(C(=O)/C=C2\SCC(=O)N2Cc2nnc(-c3ccc(Cl)cc3)o2)cc1. The average molecular weight is 468 g/mol. The van der Waals surface area contributed by atoms with Crippen LogP contribution in [0.5, 0.6) is 0 Å². The van der Waals surface area contributed by atoms with Crippen LogP contribution in [0.1, 0.15) is 42.6 Å². The Bertz CT molecular complexity index is 1180. The van der Waals surface area contributed by atoms with Crippen LogP contribution in [0, 0.1) is 0 Å². The van der Waals surface area contributed by atoms with Crippen LogP contribution in [0.4, 0.5) is 0 Å². The van der Waals surface area contributed by atoms with Crippen LogP contribution in [0.25, 0.3) is 11.5 Å². The molecule has 2 aromatic carbocycles. The Kier molecular flexibility index (Phi) is 6.22. The molecule has 2 heterocycles. The third-order valence-electron chi connectivity index (χ3n) is 5.05. The molecule has 0 unspecified atom stereocenters. The van der Waals surface area contributed by atoms with Crippen LogP contribution in [0.15, 0.2) is 64.1 Å². The van der Waals surface area contributed by atoms with Gasteiger partial charge in [-0.1, -0.05) is 68.4 Å². The zero-order valence-electron chi connectivity index (χ0n) is 18.0. The maximum Gasteiger partial charge on any atom is 0.247 e. The summed E-state index contributed by atoms with van der Waals surface area (Å²) >= 11 is 7.24. The number of rotatable bonds is 5. The molecule has 8 heteroatoms. The van der Waals surface area contributed by atoms with E-state index in [1.165, 1.54) is 22.7 Å².